The molecule has 0 aliphatic carbocycles. The number of nitriles is 1. The summed E-state index contributed by atoms with van der Waals surface area (Å²) in [5.41, 5.74) is 3.93. The molecule has 0 saturated heterocycles. The third kappa shape index (κ3) is 2.65. The molecule has 1 aromatic carbocycles. The van der Waals surface area contributed by atoms with Crippen LogP contribution < -0.4 is 0 Å². The standard InChI is InChI=1S/C14H16ClN/c1-4-6-12(9-16)14(15)13-10(2)7-5-8-11(13)3/h5,7-8H,4,6H2,1-3H3/b14-12-. The maximum Gasteiger partial charge on any atom is 0.0962 e. The van der Waals surface area contributed by atoms with E-state index in [0.29, 0.717) is 10.6 Å². The molecule has 0 unspecified atom stereocenters. The van der Waals surface area contributed by atoms with Crippen LogP contribution in [0, 0.1) is 25.2 Å². The Balaban J connectivity index is 3.33. The van der Waals surface area contributed by atoms with Crippen LogP contribution in [-0.2, 0) is 0 Å². The lowest BCUT2D eigenvalue weighted by molar-refractivity contribution is 0.932. The molecule has 0 fully saturated rings. The van der Waals surface area contributed by atoms with Gasteiger partial charge in [-0.15, -0.1) is 0 Å². The van der Waals surface area contributed by atoms with Gasteiger partial charge in [0.1, 0.15) is 0 Å². The number of allylic oxidation sites excluding steroid dienone is 1. The second kappa shape index (κ2) is 5.72. The zero-order chi connectivity index (χ0) is 12.1. The summed E-state index contributed by atoms with van der Waals surface area (Å²) in [6.45, 7) is 6.09. The van der Waals surface area contributed by atoms with Gasteiger partial charge in [-0.05, 0) is 37.0 Å². The Morgan fingerprint density at radius 2 is 1.88 bits per heavy atom. The van der Waals surface area contributed by atoms with E-state index in [1.807, 2.05) is 39.0 Å². The van der Waals surface area contributed by atoms with Crippen molar-refractivity contribution in [3.05, 3.63) is 40.5 Å². The van der Waals surface area contributed by atoms with Crippen molar-refractivity contribution in [3.63, 3.8) is 0 Å². The number of aryl methyl sites for hydroxylation is 2. The third-order valence-corrected chi connectivity index (χ3v) is 3.02. The molecule has 0 atom stereocenters. The van der Waals surface area contributed by atoms with E-state index in [2.05, 4.69) is 6.07 Å². The van der Waals surface area contributed by atoms with E-state index in [0.717, 1.165) is 29.5 Å². The normalized spacial score (nSPS) is 11.9. The fourth-order valence-electron chi connectivity index (χ4n) is 1.78. The molecular weight excluding hydrogens is 218 g/mol. The largest absolute Gasteiger partial charge is 0.193 e. The van der Waals surface area contributed by atoms with E-state index >= 15 is 0 Å². The number of nitrogens with zero attached hydrogens (tertiary/aromatic N) is 1. The van der Waals surface area contributed by atoms with Gasteiger partial charge in [-0.25, -0.2) is 0 Å². The summed E-state index contributed by atoms with van der Waals surface area (Å²) < 4.78 is 0. The summed E-state index contributed by atoms with van der Waals surface area (Å²) in [6.07, 6.45) is 1.67. The second-order valence-corrected chi connectivity index (χ2v) is 4.30. The van der Waals surface area contributed by atoms with Gasteiger partial charge >= 0.3 is 0 Å². The van der Waals surface area contributed by atoms with Gasteiger partial charge in [0, 0.05) is 5.57 Å². The molecular formula is C14H16ClN. The topological polar surface area (TPSA) is 23.8 Å². The van der Waals surface area contributed by atoms with Crippen molar-refractivity contribution in [2.45, 2.75) is 33.6 Å². The van der Waals surface area contributed by atoms with Crippen LogP contribution >= 0.6 is 11.6 Å². The highest BCUT2D eigenvalue weighted by atomic mass is 35.5. The fraction of sp³-hybridized carbons (Fsp3) is 0.357. The molecule has 0 saturated carbocycles. The van der Waals surface area contributed by atoms with E-state index < -0.39 is 0 Å². The quantitative estimate of drug-likeness (QED) is 0.702. The highest BCUT2D eigenvalue weighted by Crippen LogP contribution is 2.30. The van der Waals surface area contributed by atoms with E-state index in [9.17, 15) is 0 Å². The first-order valence-corrected chi connectivity index (χ1v) is 5.85. The minimum atomic E-state index is 0.611. The van der Waals surface area contributed by atoms with Crippen LogP contribution in [0.4, 0.5) is 0 Å². The SMILES string of the molecule is CCC/C(C#N)=C(/Cl)c1c(C)cccc1C. The first kappa shape index (κ1) is 12.8. The highest BCUT2D eigenvalue weighted by molar-refractivity contribution is 6.49. The van der Waals surface area contributed by atoms with Crippen LogP contribution in [0.3, 0.4) is 0 Å². The maximum atomic E-state index is 9.08. The Morgan fingerprint density at radius 3 is 2.31 bits per heavy atom. The minimum Gasteiger partial charge on any atom is -0.193 e. The predicted molar refractivity (Wildman–Crippen MR) is 69.2 cm³/mol. The second-order valence-electron chi connectivity index (χ2n) is 3.92. The predicted octanol–water partition coefficient (Wildman–Crippen LogP) is 4.58. The monoisotopic (exact) mass is 233 g/mol. The number of hydrogen-bond donors (Lipinski definition) is 0. The highest BCUT2D eigenvalue weighted by Gasteiger charge is 2.10. The molecule has 1 rings (SSSR count). The molecule has 0 aliphatic heterocycles. The average molecular weight is 234 g/mol. The molecule has 0 aromatic heterocycles. The minimum absolute atomic E-state index is 0.611. The van der Waals surface area contributed by atoms with Gasteiger partial charge in [-0.1, -0.05) is 43.1 Å². The molecule has 1 nitrogen and oxygen atoms in total. The Kier molecular flexibility index (Phi) is 4.58. The summed E-state index contributed by atoms with van der Waals surface area (Å²) in [5.74, 6) is 0. The molecule has 84 valence electrons. The summed E-state index contributed by atoms with van der Waals surface area (Å²) in [5, 5.41) is 9.69. The molecule has 2 heteroatoms. The summed E-state index contributed by atoms with van der Waals surface area (Å²) in [6, 6.07) is 8.25. The van der Waals surface area contributed by atoms with E-state index in [4.69, 9.17) is 16.9 Å². The Hall–Kier alpha value is -1.26. The molecule has 0 aliphatic rings. The molecule has 0 bridgehead atoms. The van der Waals surface area contributed by atoms with Crippen LogP contribution in [-0.4, -0.2) is 0 Å². The molecule has 0 radical (unpaired) electrons. The average Bonchev–Trinajstić information content (AvgIpc) is 2.25. The number of benzene rings is 1. The van der Waals surface area contributed by atoms with E-state index in [1.165, 1.54) is 0 Å². The van der Waals surface area contributed by atoms with Gasteiger partial charge in [0.2, 0.25) is 0 Å². The lowest BCUT2D eigenvalue weighted by Crippen LogP contribution is -1.92. The molecule has 16 heavy (non-hydrogen) atoms. The van der Waals surface area contributed by atoms with Crippen molar-refractivity contribution in [2.24, 2.45) is 0 Å². The number of halogens is 1. The van der Waals surface area contributed by atoms with Gasteiger partial charge in [0.15, 0.2) is 0 Å². The Bertz CT molecular complexity index is 432. The lowest BCUT2D eigenvalue weighted by Gasteiger charge is -2.10. The van der Waals surface area contributed by atoms with Gasteiger partial charge in [-0.2, -0.15) is 5.26 Å². The van der Waals surface area contributed by atoms with Crippen molar-refractivity contribution in [1.82, 2.24) is 0 Å². The Morgan fingerprint density at radius 1 is 1.31 bits per heavy atom. The van der Waals surface area contributed by atoms with Gasteiger partial charge in [0.25, 0.3) is 0 Å². The van der Waals surface area contributed by atoms with Crippen LogP contribution in [0.5, 0.6) is 0 Å². The van der Waals surface area contributed by atoms with Crippen molar-refractivity contribution in [3.8, 4) is 6.07 Å². The fourth-order valence-corrected chi connectivity index (χ4v) is 2.21. The van der Waals surface area contributed by atoms with Gasteiger partial charge in [0.05, 0.1) is 11.1 Å². The summed E-state index contributed by atoms with van der Waals surface area (Å²) >= 11 is 6.32. The maximum absolute atomic E-state index is 9.08. The molecule has 0 amide bonds. The zero-order valence-corrected chi connectivity index (χ0v) is 10.7. The van der Waals surface area contributed by atoms with Crippen molar-refractivity contribution in [2.75, 3.05) is 0 Å². The third-order valence-electron chi connectivity index (χ3n) is 2.60. The summed E-state index contributed by atoms with van der Waals surface area (Å²) in [7, 11) is 0. The number of rotatable bonds is 3. The molecule has 0 heterocycles. The van der Waals surface area contributed by atoms with Crippen molar-refractivity contribution in [1.29, 1.82) is 5.26 Å². The zero-order valence-electron chi connectivity index (χ0n) is 9.97. The van der Waals surface area contributed by atoms with Crippen molar-refractivity contribution >= 4 is 16.6 Å². The van der Waals surface area contributed by atoms with Crippen LogP contribution in [0.2, 0.25) is 0 Å². The van der Waals surface area contributed by atoms with E-state index in [-0.39, 0.29) is 0 Å². The Labute approximate surface area is 102 Å². The van der Waals surface area contributed by atoms with Crippen LogP contribution in [0.15, 0.2) is 23.8 Å². The van der Waals surface area contributed by atoms with E-state index in [1.54, 1.807) is 0 Å². The van der Waals surface area contributed by atoms with Crippen LogP contribution in [0.25, 0.3) is 5.03 Å². The first-order chi connectivity index (χ1) is 7.61. The number of hydrogen-bond acceptors (Lipinski definition) is 1. The first-order valence-electron chi connectivity index (χ1n) is 5.47. The van der Waals surface area contributed by atoms with Crippen LogP contribution in [0.1, 0.15) is 36.5 Å². The molecule has 1 aromatic rings. The van der Waals surface area contributed by atoms with Crippen molar-refractivity contribution < 1.29 is 0 Å². The lowest BCUT2D eigenvalue weighted by atomic mass is 9.99. The van der Waals surface area contributed by atoms with Gasteiger partial charge < -0.3 is 0 Å². The smallest absolute Gasteiger partial charge is 0.0962 e. The molecule has 0 spiro atoms. The molecule has 0 N–H and O–H groups in total. The van der Waals surface area contributed by atoms with Gasteiger partial charge in [-0.3, -0.25) is 0 Å². The summed E-state index contributed by atoms with van der Waals surface area (Å²) in [4.78, 5) is 0.